The summed E-state index contributed by atoms with van der Waals surface area (Å²) in [6, 6.07) is 28.7. The molecule has 0 bridgehead atoms. The zero-order valence-corrected chi connectivity index (χ0v) is 16.8. The summed E-state index contributed by atoms with van der Waals surface area (Å²) in [4.78, 5) is 12.5. The molecule has 0 saturated heterocycles. The fourth-order valence-corrected chi connectivity index (χ4v) is 3.71. The minimum atomic E-state index is 0.0114. The van der Waals surface area contributed by atoms with Gasteiger partial charge in [0.1, 0.15) is 12.4 Å². The number of ether oxygens (including phenoxy) is 1. The first-order chi connectivity index (χ1) is 14.8. The Hall–Kier alpha value is -3.53. The molecule has 0 spiro atoms. The van der Waals surface area contributed by atoms with E-state index in [1.54, 1.807) is 0 Å². The number of nitrogens with zero attached hydrogens (tertiary/aromatic N) is 1. The smallest absolute Gasteiger partial charge is 0.251 e. The highest BCUT2D eigenvalue weighted by Crippen LogP contribution is 2.25. The quantitative estimate of drug-likeness (QED) is 0.469. The van der Waals surface area contributed by atoms with Gasteiger partial charge >= 0.3 is 0 Å². The standard InChI is InChI=1S/C26H24N2O2/c29-26(27-22-12-13-22)20-11-14-25-21(15-20)16-23(18-30-24-9-5-2-6-10-24)28(25)17-19-7-3-1-4-8-19/h1-11,14-16,22H,12-13,17-18H2,(H,27,29). The third-order valence-corrected chi connectivity index (χ3v) is 5.48. The predicted octanol–water partition coefficient (Wildman–Crippen LogP) is 5.16. The summed E-state index contributed by atoms with van der Waals surface area (Å²) in [5, 5.41) is 4.13. The number of para-hydroxylation sites is 1. The summed E-state index contributed by atoms with van der Waals surface area (Å²) in [5.74, 6) is 0.857. The van der Waals surface area contributed by atoms with Crippen molar-refractivity contribution in [2.75, 3.05) is 0 Å². The van der Waals surface area contributed by atoms with Gasteiger partial charge in [-0.3, -0.25) is 4.79 Å². The van der Waals surface area contributed by atoms with E-state index in [9.17, 15) is 4.79 Å². The molecule has 150 valence electrons. The van der Waals surface area contributed by atoms with Crippen molar-refractivity contribution in [3.05, 3.63) is 102 Å². The van der Waals surface area contributed by atoms with Crippen LogP contribution in [0.4, 0.5) is 0 Å². The van der Waals surface area contributed by atoms with Gasteiger partial charge in [0.2, 0.25) is 0 Å². The van der Waals surface area contributed by atoms with Crippen molar-refractivity contribution in [1.29, 1.82) is 0 Å². The number of carbonyl (C=O) groups is 1. The fourth-order valence-electron chi connectivity index (χ4n) is 3.71. The Bertz CT molecular complexity index is 1160. The number of fused-ring (bicyclic) bond motifs is 1. The van der Waals surface area contributed by atoms with E-state index in [0.717, 1.165) is 41.7 Å². The minimum absolute atomic E-state index is 0.0114. The molecule has 0 unspecified atom stereocenters. The first kappa shape index (κ1) is 18.5. The average molecular weight is 396 g/mol. The highest BCUT2D eigenvalue weighted by molar-refractivity contribution is 5.98. The molecule has 0 aliphatic heterocycles. The maximum atomic E-state index is 12.5. The molecule has 1 fully saturated rings. The summed E-state index contributed by atoms with van der Waals surface area (Å²) in [6.07, 6.45) is 2.17. The molecule has 5 rings (SSSR count). The zero-order chi connectivity index (χ0) is 20.3. The molecular formula is C26H24N2O2. The molecule has 0 atom stereocenters. The lowest BCUT2D eigenvalue weighted by Gasteiger charge is -2.12. The topological polar surface area (TPSA) is 43.3 Å². The van der Waals surface area contributed by atoms with E-state index >= 15 is 0 Å². The van der Waals surface area contributed by atoms with Crippen LogP contribution in [0.3, 0.4) is 0 Å². The van der Waals surface area contributed by atoms with Crippen LogP contribution < -0.4 is 10.1 Å². The van der Waals surface area contributed by atoms with Crippen LogP contribution in [-0.2, 0) is 13.2 Å². The molecule has 0 radical (unpaired) electrons. The Balaban J connectivity index is 1.48. The van der Waals surface area contributed by atoms with Crippen LogP contribution >= 0.6 is 0 Å². The van der Waals surface area contributed by atoms with E-state index in [1.807, 2.05) is 54.6 Å². The van der Waals surface area contributed by atoms with Gasteiger partial charge in [0, 0.05) is 29.1 Å². The van der Waals surface area contributed by atoms with E-state index in [2.05, 4.69) is 40.2 Å². The summed E-state index contributed by atoms with van der Waals surface area (Å²) in [5.41, 5.74) is 4.12. The largest absolute Gasteiger partial charge is 0.487 e. The maximum absolute atomic E-state index is 12.5. The lowest BCUT2D eigenvalue weighted by molar-refractivity contribution is 0.0951. The van der Waals surface area contributed by atoms with Gasteiger partial charge in [0.15, 0.2) is 0 Å². The Kier molecular flexibility index (Phi) is 4.98. The van der Waals surface area contributed by atoms with Crippen molar-refractivity contribution in [3.8, 4) is 5.75 Å². The second kappa shape index (κ2) is 8.07. The van der Waals surface area contributed by atoms with E-state index < -0.39 is 0 Å². The van der Waals surface area contributed by atoms with E-state index in [1.165, 1.54) is 5.56 Å². The SMILES string of the molecule is O=C(NC1CC1)c1ccc2c(c1)cc(COc1ccccc1)n2Cc1ccccc1. The number of benzene rings is 3. The summed E-state index contributed by atoms with van der Waals surface area (Å²) >= 11 is 0. The highest BCUT2D eigenvalue weighted by atomic mass is 16.5. The average Bonchev–Trinajstić information content (AvgIpc) is 3.54. The Morgan fingerprint density at radius 2 is 1.67 bits per heavy atom. The molecule has 4 heteroatoms. The van der Waals surface area contributed by atoms with Crippen molar-refractivity contribution in [2.24, 2.45) is 0 Å². The van der Waals surface area contributed by atoms with Crippen LogP contribution in [0.1, 0.15) is 34.5 Å². The number of amides is 1. The molecule has 1 N–H and O–H groups in total. The second-order valence-corrected chi connectivity index (χ2v) is 7.83. The van der Waals surface area contributed by atoms with Crippen molar-refractivity contribution in [1.82, 2.24) is 9.88 Å². The molecule has 30 heavy (non-hydrogen) atoms. The number of nitrogens with one attached hydrogen (secondary N) is 1. The molecule has 4 nitrogen and oxygen atoms in total. The number of hydrogen-bond donors (Lipinski definition) is 1. The normalized spacial score (nSPS) is 13.3. The minimum Gasteiger partial charge on any atom is -0.487 e. The van der Waals surface area contributed by atoms with Gasteiger partial charge < -0.3 is 14.6 Å². The number of aromatic nitrogens is 1. The Morgan fingerprint density at radius 1 is 0.933 bits per heavy atom. The van der Waals surface area contributed by atoms with E-state index in [4.69, 9.17) is 4.74 Å². The predicted molar refractivity (Wildman–Crippen MR) is 119 cm³/mol. The van der Waals surface area contributed by atoms with Crippen LogP contribution in [0, 0.1) is 0 Å². The third kappa shape index (κ3) is 4.08. The molecular weight excluding hydrogens is 372 g/mol. The molecule has 1 aliphatic carbocycles. The highest BCUT2D eigenvalue weighted by Gasteiger charge is 2.24. The lowest BCUT2D eigenvalue weighted by atomic mass is 10.1. The first-order valence-corrected chi connectivity index (χ1v) is 10.4. The van der Waals surface area contributed by atoms with Crippen molar-refractivity contribution in [2.45, 2.75) is 32.0 Å². The Labute approximate surface area is 176 Å². The molecule has 1 heterocycles. The molecule has 1 saturated carbocycles. The first-order valence-electron chi connectivity index (χ1n) is 10.4. The second-order valence-electron chi connectivity index (χ2n) is 7.83. The number of hydrogen-bond acceptors (Lipinski definition) is 2. The van der Waals surface area contributed by atoms with Gasteiger partial charge in [-0.1, -0.05) is 48.5 Å². The van der Waals surface area contributed by atoms with Crippen LogP contribution in [-0.4, -0.2) is 16.5 Å². The lowest BCUT2D eigenvalue weighted by Crippen LogP contribution is -2.25. The zero-order valence-electron chi connectivity index (χ0n) is 16.8. The maximum Gasteiger partial charge on any atom is 0.251 e. The molecule has 1 amide bonds. The monoisotopic (exact) mass is 396 g/mol. The van der Waals surface area contributed by atoms with Gasteiger partial charge in [0.25, 0.3) is 5.91 Å². The van der Waals surface area contributed by atoms with Crippen LogP contribution in [0.25, 0.3) is 10.9 Å². The summed E-state index contributed by atoms with van der Waals surface area (Å²) < 4.78 is 8.31. The van der Waals surface area contributed by atoms with Gasteiger partial charge in [-0.15, -0.1) is 0 Å². The summed E-state index contributed by atoms with van der Waals surface area (Å²) in [7, 11) is 0. The van der Waals surface area contributed by atoms with Gasteiger partial charge in [-0.25, -0.2) is 0 Å². The van der Waals surface area contributed by atoms with Crippen LogP contribution in [0.15, 0.2) is 84.9 Å². The molecule has 1 aromatic heterocycles. The number of rotatable bonds is 7. The molecule has 4 aromatic rings. The molecule has 1 aliphatic rings. The van der Waals surface area contributed by atoms with Gasteiger partial charge in [-0.2, -0.15) is 0 Å². The molecule has 3 aromatic carbocycles. The van der Waals surface area contributed by atoms with Crippen molar-refractivity contribution >= 4 is 16.8 Å². The summed E-state index contributed by atoms with van der Waals surface area (Å²) in [6.45, 7) is 1.22. The van der Waals surface area contributed by atoms with Gasteiger partial charge in [-0.05, 0) is 54.8 Å². The fraction of sp³-hybridized carbons (Fsp3) is 0.192. The third-order valence-electron chi connectivity index (χ3n) is 5.48. The Morgan fingerprint density at radius 3 is 2.40 bits per heavy atom. The van der Waals surface area contributed by atoms with Crippen LogP contribution in [0.2, 0.25) is 0 Å². The van der Waals surface area contributed by atoms with E-state index in [0.29, 0.717) is 18.2 Å². The van der Waals surface area contributed by atoms with Gasteiger partial charge in [0.05, 0.1) is 5.69 Å². The number of carbonyl (C=O) groups excluding carboxylic acids is 1. The van der Waals surface area contributed by atoms with Crippen molar-refractivity contribution < 1.29 is 9.53 Å². The van der Waals surface area contributed by atoms with Crippen LogP contribution in [0.5, 0.6) is 5.75 Å². The van der Waals surface area contributed by atoms with Crippen molar-refractivity contribution in [3.63, 3.8) is 0 Å². The van der Waals surface area contributed by atoms with E-state index in [-0.39, 0.29) is 5.91 Å².